The molecule has 0 unspecified atom stereocenters. The summed E-state index contributed by atoms with van der Waals surface area (Å²) in [6.07, 6.45) is 4.70. The molecule has 2 aromatic rings. The van der Waals surface area contributed by atoms with E-state index in [0.29, 0.717) is 24.0 Å². The minimum Gasteiger partial charge on any atom is -0.461 e. The first-order valence-electron chi connectivity index (χ1n) is 8.53. The zero-order chi connectivity index (χ0) is 17.6. The fourth-order valence-electron chi connectivity index (χ4n) is 3.50. The van der Waals surface area contributed by atoms with Crippen LogP contribution in [0, 0.1) is 5.92 Å². The standard InChI is InChI=1S/C20H20N2O3/c1-12-10-15(12)18-8-6-14(25-18)7-9-19(23)22-16-5-3-2-4-13(16)11-17(22)20(21)24/h2-9,12,15,17H,10-11H2,1H3,(H2,21,24)/b9-7+/t12-,15-,17+/m1/s1. The molecule has 0 spiro atoms. The third-order valence-electron chi connectivity index (χ3n) is 5.05. The molecule has 1 aliphatic carbocycles. The van der Waals surface area contributed by atoms with E-state index in [1.807, 2.05) is 36.4 Å². The summed E-state index contributed by atoms with van der Waals surface area (Å²) in [4.78, 5) is 25.9. The summed E-state index contributed by atoms with van der Waals surface area (Å²) in [6, 6.07) is 10.7. The molecule has 2 aliphatic rings. The van der Waals surface area contributed by atoms with Gasteiger partial charge in [0, 0.05) is 24.1 Å². The van der Waals surface area contributed by atoms with E-state index in [-0.39, 0.29) is 5.91 Å². The van der Waals surface area contributed by atoms with Gasteiger partial charge in [-0.15, -0.1) is 0 Å². The van der Waals surface area contributed by atoms with Crippen LogP contribution in [0.25, 0.3) is 6.08 Å². The predicted molar refractivity (Wildman–Crippen MR) is 94.9 cm³/mol. The fraction of sp³-hybridized carbons (Fsp3) is 0.300. The summed E-state index contributed by atoms with van der Waals surface area (Å²) in [7, 11) is 0. The van der Waals surface area contributed by atoms with Crippen molar-refractivity contribution in [3.05, 3.63) is 59.6 Å². The lowest BCUT2D eigenvalue weighted by atomic mass is 10.1. The van der Waals surface area contributed by atoms with Gasteiger partial charge >= 0.3 is 0 Å². The van der Waals surface area contributed by atoms with Gasteiger partial charge in [-0.25, -0.2) is 0 Å². The number of primary amides is 1. The topological polar surface area (TPSA) is 76.5 Å². The predicted octanol–water partition coefficient (Wildman–Crippen LogP) is 2.86. The number of para-hydroxylation sites is 1. The Kier molecular flexibility index (Phi) is 3.71. The number of nitrogens with zero attached hydrogens (tertiary/aromatic N) is 1. The van der Waals surface area contributed by atoms with E-state index >= 15 is 0 Å². The van der Waals surface area contributed by atoms with Crippen LogP contribution in [-0.2, 0) is 16.0 Å². The molecule has 1 aromatic carbocycles. The number of rotatable bonds is 4. The molecule has 4 rings (SSSR count). The smallest absolute Gasteiger partial charge is 0.251 e. The van der Waals surface area contributed by atoms with Gasteiger partial charge in [0.2, 0.25) is 5.91 Å². The minimum atomic E-state index is -0.644. The summed E-state index contributed by atoms with van der Waals surface area (Å²) in [5, 5.41) is 0. The van der Waals surface area contributed by atoms with E-state index in [1.54, 1.807) is 6.08 Å². The van der Waals surface area contributed by atoms with Gasteiger partial charge in [0.25, 0.3) is 5.91 Å². The van der Waals surface area contributed by atoms with Crippen molar-refractivity contribution in [2.75, 3.05) is 4.90 Å². The third-order valence-corrected chi connectivity index (χ3v) is 5.05. The van der Waals surface area contributed by atoms with Crippen molar-refractivity contribution in [1.82, 2.24) is 0 Å². The number of amides is 2. The van der Waals surface area contributed by atoms with E-state index in [2.05, 4.69) is 6.92 Å². The lowest BCUT2D eigenvalue weighted by Crippen LogP contribution is -2.45. The van der Waals surface area contributed by atoms with Crippen LogP contribution in [0.3, 0.4) is 0 Å². The molecular formula is C20H20N2O3. The van der Waals surface area contributed by atoms with Crippen molar-refractivity contribution in [1.29, 1.82) is 0 Å². The molecule has 0 bridgehead atoms. The van der Waals surface area contributed by atoms with Crippen molar-refractivity contribution in [3.8, 4) is 0 Å². The lowest BCUT2D eigenvalue weighted by Gasteiger charge is -2.21. The summed E-state index contributed by atoms with van der Waals surface area (Å²) in [5.41, 5.74) is 7.19. The van der Waals surface area contributed by atoms with Crippen LogP contribution in [0.4, 0.5) is 5.69 Å². The minimum absolute atomic E-state index is 0.272. The quantitative estimate of drug-likeness (QED) is 0.872. The number of anilines is 1. The zero-order valence-corrected chi connectivity index (χ0v) is 14.0. The van der Waals surface area contributed by atoms with E-state index in [1.165, 1.54) is 11.0 Å². The number of fused-ring (bicyclic) bond motifs is 1. The van der Waals surface area contributed by atoms with E-state index in [4.69, 9.17) is 10.2 Å². The molecule has 2 N–H and O–H groups in total. The Morgan fingerprint density at radius 2 is 2.00 bits per heavy atom. The molecule has 0 radical (unpaired) electrons. The van der Waals surface area contributed by atoms with Crippen LogP contribution in [0.5, 0.6) is 0 Å². The highest BCUT2D eigenvalue weighted by Gasteiger charge is 2.37. The number of furan rings is 1. The maximum Gasteiger partial charge on any atom is 0.251 e. The van der Waals surface area contributed by atoms with Gasteiger partial charge in [-0.05, 0) is 42.2 Å². The average Bonchev–Trinajstić information content (AvgIpc) is 3.03. The summed E-state index contributed by atoms with van der Waals surface area (Å²) < 4.78 is 5.79. The zero-order valence-electron chi connectivity index (χ0n) is 14.0. The Labute approximate surface area is 146 Å². The van der Waals surface area contributed by atoms with Crippen molar-refractivity contribution >= 4 is 23.6 Å². The molecule has 3 atom stereocenters. The molecular weight excluding hydrogens is 316 g/mol. The second kappa shape index (κ2) is 5.92. The maximum absolute atomic E-state index is 12.7. The number of carbonyl (C=O) groups excluding carboxylic acids is 2. The van der Waals surface area contributed by atoms with Crippen LogP contribution < -0.4 is 10.6 Å². The van der Waals surface area contributed by atoms with Crippen LogP contribution in [-0.4, -0.2) is 17.9 Å². The molecule has 1 saturated carbocycles. The fourth-order valence-corrected chi connectivity index (χ4v) is 3.50. The van der Waals surface area contributed by atoms with Gasteiger partial charge in [-0.2, -0.15) is 0 Å². The Morgan fingerprint density at radius 3 is 2.72 bits per heavy atom. The van der Waals surface area contributed by atoms with Gasteiger partial charge in [-0.1, -0.05) is 25.1 Å². The summed E-state index contributed by atoms with van der Waals surface area (Å²) in [6.45, 7) is 2.20. The van der Waals surface area contributed by atoms with E-state index < -0.39 is 11.9 Å². The van der Waals surface area contributed by atoms with Crippen molar-refractivity contribution in [3.63, 3.8) is 0 Å². The van der Waals surface area contributed by atoms with Crippen LogP contribution in [0.1, 0.15) is 36.3 Å². The van der Waals surface area contributed by atoms with Crippen molar-refractivity contribution < 1.29 is 14.0 Å². The molecule has 5 nitrogen and oxygen atoms in total. The lowest BCUT2D eigenvalue weighted by molar-refractivity contribution is -0.122. The second-order valence-electron chi connectivity index (χ2n) is 6.85. The van der Waals surface area contributed by atoms with Crippen LogP contribution in [0.2, 0.25) is 0 Å². The average molecular weight is 336 g/mol. The Balaban J connectivity index is 1.55. The van der Waals surface area contributed by atoms with Gasteiger partial charge in [0.05, 0.1) is 0 Å². The second-order valence-corrected chi connectivity index (χ2v) is 6.85. The van der Waals surface area contributed by atoms with Gasteiger partial charge in [0.1, 0.15) is 17.6 Å². The first-order valence-corrected chi connectivity index (χ1v) is 8.53. The highest BCUT2D eigenvalue weighted by atomic mass is 16.3. The molecule has 2 heterocycles. The van der Waals surface area contributed by atoms with Crippen LogP contribution in [0.15, 0.2) is 46.9 Å². The molecule has 5 heteroatoms. The third kappa shape index (κ3) is 2.86. The summed E-state index contributed by atoms with van der Waals surface area (Å²) in [5.74, 6) is 2.02. The van der Waals surface area contributed by atoms with Crippen molar-refractivity contribution in [2.45, 2.75) is 31.7 Å². The molecule has 0 saturated heterocycles. The molecule has 1 fully saturated rings. The highest BCUT2D eigenvalue weighted by Crippen LogP contribution is 2.47. The summed E-state index contributed by atoms with van der Waals surface area (Å²) >= 11 is 0. The first-order chi connectivity index (χ1) is 12.0. The number of benzene rings is 1. The Morgan fingerprint density at radius 1 is 1.24 bits per heavy atom. The maximum atomic E-state index is 12.7. The molecule has 1 aliphatic heterocycles. The normalized spacial score (nSPS) is 24.5. The Bertz CT molecular complexity index is 867. The molecule has 128 valence electrons. The number of hydrogen-bond acceptors (Lipinski definition) is 3. The first kappa shape index (κ1) is 15.7. The number of nitrogens with two attached hydrogens (primary N) is 1. The Hall–Kier alpha value is -2.82. The molecule has 25 heavy (non-hydrogen) atoms. The largest absolute Gasteiger partial charge is 0.461 e. The SMILES string of the molecule is C[C@@H]1C[C@H]1c1ccc(/C=C/C(=O)N2c3ccccc3C[C@H]2C(N)=O)o1. The number of hydrogen-bond donors (Lipinski definition) is 1. The van der Waals surface area contributed by atoms with Gasteiger partial charge in [0.15, 0.2) is 0 Å². The van der Waals surface area contributed by atoms with Gasteiger partial charge < -0.3 is 10.2 Å². The highest BCUT2D eigenvalue weighted by molar-refractivity contribution is 6.09. The molecule has 1 aromatic heterocycles. The van der Waals surface area contributed by atoms with E-state index in [9.17, 15) is 9.59 Å². The molecule has 2 amide bonds. The monoisotopic (exact) mass is 336 g/mol. The van der Waals surface area contributed by atoms with E-state index in [0.717, 1.165) is 23.4 Å². The van der Waals surface area contributed by atoms with Gasteiger partial charge in [-0.3, -0.25) is 14.5 Å². The number of carbonyl (C=O) groups is 2. The van der Waals surface area contributed by atoms with Crippen molar-refractivity contribution in [2.24, 2.45) is 11.7 Å². The van der Waals surface area contributed by atoms with Crippen LogP contribution >= 0.6 is 0 Å².